The van der Waals surface area contributed by atoms with Gasteiger partial charge in [0, 0.05) is 141 Å². The molecule has 3 atom stereocenters. The molecule has 3 aromatic rings. The van der Waals surface area contributed by atoms with E-state index in [2.05, 4.69) is 61.3 Å². The summed E-state index contributed by atoms with van der Waals surface area (Å²) in [5, 5.41) is 22.6. The number of carbonyl (C=O) groups is 9. The molecule has 0 saturated carbocycles. The van der Waals surface area contributed by atoms with Crippen LogP contribution in [0.15, 0.2) is 54.7 Å². The van der Waals surface area contributed by atoms with Crippen LogP contribution in [0.4, 0.5) is 8.78 Å². The molecule has 0 aliphatic carbocycles. The van der Waals surface area contributed by atoms with Crippen LogP contribution >= 0.6 is 0 Å². The number of ketones is 1. The van der Waals surface area contributed by atoms with E-state index in [1.807, 2.05) is 33.4 Å². The minimum absolute atomic E-state index is 0.00243. The second-order valence-corrected chi connectivity index (χ2v) is 24.4. The number of amides is 5. The van der Waals surface area contributed by atoms with E-state index in [0.29, 0.717) is 191 Å². The third kappa shape index (κ3) is 27.3. The third-order valence-corrected chi connectivity index (χ3v) is 17.0. The molecule has 3 aliphatic rings. The minimum atomic E-state index is -3.07. The smallest absolute Gasteiger partial charge is 0.317 e. The number of carboxylic acids is 1. The van der Waals surface area contributed by atoms with Crippen molar-refractivity contribution in [1.82, 2.24) is 60.6 Å². The third-order valence-electron chi connectivity index (χ3n) is 17.0. The number of terminal acetylenes is 1. The van der Waals surface area contributed by atoms with Crippen LogP contribution in [0, 0.1) is 19.3 Å². The Bertz CT molecular complexity index is 2970. The highest BCUT2D eigenvalue weighted by atomic mass is 19.3. The average Bonchev–Trinajstić information content (AvgIpc) is 1.32. The van der Waals surface area contributed by atoms with Gasteiger partial charge in [-0.15, -0.1) is 6.42 Å². The number of nitrogens with one attached hydrogen (secondary N) is 4. The van der Waals surface area contributed by atoms with Crippen molar-refractivity contribution in [2.75, 3.05) is 138 Å². The molecule has 0 spiro atoms. The van der Waals surface area contributed by atoms with Crippen molar-refractivity contribution < 1.29 is 71.2 Å². The summed E-state index contributed by atoms with van der Waals surface area (Å²) in [4.78, 5) is 131. The van der Waals surface area contributed by atoms with Crippen LogP contribution in [0.3, 0.4) is 0 Å². The van der Waals surface area contributed by atoms with Crippen molar-refractivity contribution in [3.8, 4) is 18.1 Å². The van der Waals surface area contributed by atoms with Gasteiger partial charge in [-0.25, -0.2) is 8.78 Å². The van der Waals surface area contributed by atoms with E-state index < -0.39 is 48.8 Å². The van der Waals surface area contributed by atoms with Crippen LogP contribution in [-0.4, -0.2) is 261 Å². The first-order valence-electron chi connectivity index (χ1n) is 32.9. The van der Waals surface area contributed by atoms with Gasteiger partial charge in [-0.1, -0.05) is 42.2 Å². The lowest BCUT2D eigenvalue weighted by Crippen LogP contribution is -2.52. The van der Waals surface area contributed by atoms with Gasteiger partial charge in [0.25, 0.3) is 18.9 Å². The number of carboxylic acid groups (broad SMARTS) is 1. The molecule has 94 heavy (non-hydrogen) atoms. The van der Waals surface area contributed by atoms with Crippen molar-refractivity contribution in [3.63, 3.8) is 0 Å². The maximum Gasteiger partial charge on any atom is 0.317 e. The highest BCUT2D eigenvalue weighted by Gasteiger charge is 2.46. The lowest BCUT2D eigenvalue weighted by molar-refractivity contribution is -0.139. The highest BCUT2D eigenvalue weighted by molar-refractivity contribution is 6.08. The second kappa shape index (κ2) is 40.5. The summed E-state index contributed by atoms with van der Waals surface area (Å²) in [6.07, 6.45) is 12.1. The number of benzene rings is 2. The SMILES string of the molecule is C#C[C@H]1CC(F)(F)CN1C(=O)CCC(=O)c1ccnc2ccc(OCCCN3CCN(C(=O)CCCCCNC(=O)C(CCCCNC(C)NC(=O)CCCc4ccc(C)cc4)NC(=O)CN4CCN(COC=O)CCN(COC=O)CCN(CC(=O)O)CC4)CC3)cc12. The number of aryl methyl sites for hydroxylation is 2. The maximum atomic E-state index is 14.0. The summed E-state index contributed by atoms with van der Waals surface area (Å²) in [5.74, 6) is -2.93. The topological polar surface area (TPSA) is 285 Å². The fraction of sp³-hybridized carbons (Fsp3) is 0.612. The van der Waals surface area contributed by atoms with Crippen molar-refractivity contribution in [2.45, 2.75) is 128 Å². The number of hydrogen-bond acceptors (Lipinski definition) is 19. The number of rotatable bonds is 38. The number of fused-ring (bicyclic) bond motifs is 1. The molecular weight excluding hydrogens is 1220 g/mol. The van der Waals surface area contributed by atoms with Crippen molar-refractivity contribution in [2.24, 2.45) is 0 Å². The molecule has 6 rings (SSSR count). The number of likely N-dealkylation sites (tertiary alicyclic amines) is 1. The Kier molecular flexibility index (Phi) is 32.4. The van der Waals surface area contributed by atoms with Crippen LogP contribution in [0.1, 0.15) is 112 Å². The summed E-state index contributed by atoms with van der Waals surface area (Å²) in [6, 6.07) is 13.2. The monoisotopic (exact) mass is 1310 g/mol. The lowest BCUT2D eigenvalue weighted by Gasteiger charge is -2.34. The molecule has 27 heteroatoms. The van der Waals surface area contributed by atoms with Gasteiger partial charge in [0.15, 0.2) is 5.78 Å². The van der Waals surface area contributed by atoms with Gasteiger partial charge in [-0.3, -0.25) is 78.0 Å². The molecular formula is C67H96F2N12O13. The Morgan fingerprint density at radius 2 is 1.36 bits per heavy atom. The van der Waals surface area contributed by atoms with Gasteiger partial charge in [0.2, 0.25) is 29.5 Å². The van der Waals surface area contributed by atoms with Crippen molar-refractivity contribution >= 4 is 65.1 Å². The number of carbonyl (C=O) groups excluding carboxylic acids is 8. The zero-order valence-electron chi connectivity index (χ0n) is 54.6. The van der Waals surface area contributed by atoms with Gasteiger partial charge < -0.3 is 45.1 Å². The lowest BCUT2D eigenvalue weighted by atomic mass is 10.0. The number of unbranched alkanes of at least 4 members (excludes halogenated alkanes) is 3. The number of alkyl halides is 2. The number of Topliss-reactive ketones (excluding diaryl/α,β-unsaturated/α-hetero) is 1. The van der Waals surface area contributed by atoms with E-state index in [1.54, 1.807) is 29.2 Å². The molecule has 3 fully saturated rings. The first kappa shape index (κ1) is 75.3. The van der Waals surface area contributed by atoms with Gasteiger partial charge in [-0.2, -0.15) is 0 Å². The van der Waals surface area contributed by atoms with Crippen molar-refractivity contribution in [1.29, 1.82) is 0 Å². The van der Waals surface area contributed by atoms with Gasteiger partial charge >= 0.3 is 5.97 Å². The Labute approximate surface area is 550 Å². The predicted octanol–water partition coefficient (Wildman–Crippen LogP) is 3.26. The largest absolute Gasteiger partial charge is 0.494 e. The Morgan fingerprint density at radius 3 is 2.02 bits per heavy atom. The van der Waals surface area contributed by atoms with E-state index in [4.69, 9.17) is 20.6 Å². The van der Waals surface area contributed by atoms with E-state index in [0.717, 1.165) is 24.3 Å². The molecule has 3 saturated heterocycles. The molecule has 516 valence electrons. The molecule has 2 unspecified atom stereocenters. The number of piperazine rings is 1. The molecule has 2 aromatic carbocycles. The van der Waals surface area contributed by atoms with Gasteiger partial charge in [-0.05, 0) is 102 Å². The summed E-state index contributed by atoms with van der Waals surface area (Å²) >= 11 is 0. The van der Waals surface area contributed by atoms with E-state index in [9.17, 15) is 57.0 Å². The van der Waals surface area contributed by atoms with Crippen LogP contribution in [0.5, 0.6) is 5.75 Å². The molecule has 3 aliphatic heterocycles. The molecule has 5 N–H and O–H groups in total. The number of halogens is 2. The van der Waals surface area contributed by atoms with Crippen molar-refractivity contribution in [3.05, 3.63) is 71.4 Å². The quantitative estimate of drug-likeness (QED) is 0.0181. The second-order valence-electron chi connectivity index (χ2n) is 24.4. The number of aliphatic carboxylic acids is 1. The maximum absolute atomic E-state index is 14.0. The zero-order chi connectivity index (χ0) is 67.7. The van der Waals surface area contributed by atoms with E-state index >= 15 is 0 Å². The first-order chi connectivity index (χ1) is 45.3. The molecule has 5 amide bonds. The van der Waals surface area contributed by atoms with Crippen LogP contribution < -0.4 is 26.0 Å². The number of aromatic nitrogens is 1. The number of ether oxygens (including phenoxy) is 3. The molecule has 0 radical (unpaired) electrons. The first-order valence-corrected chi connectivity index (χ1v) is 32.9. The normalized spacial score (nSPS) is 17.8. The molecule has 25 nitrogen and oxygen atoms in total. The molecule has 0 bridgehead atoms. The fourth-order valence-electron chi connectivity index (χ4n) is 11.6. The average molecular weight is 1320 g/mol. The predicted molar refractivity (Wildman–Crippen MR) is 347 cm³/mol. The summed E-state index contributed by atoms with van der Waals surface area (Å²) in [5.41, 5.74) is 3.29. The standard InChI is InChI=1S/C67H96F2N12O13/c1-4-54-43-67(68,69)46-81(54)64(88)23-22-60(84)56-24-27-71-58-21-20-55(42-57(56)58)94-41-11-28-75-37-39-80(40-38-75)63(87)15-6-5-8-26-72-66(91)59(13-7-9-25-70-52(3)73-61(85)14-10-12-53-18-16-51(2)17-19-53)74-62(86)44-76-29-30-77(45-65(89)90)32-34-79(48-93-50-83)36-35-78(33-31-76)47-92-49-82/h1,16-21,24,27,42,49-50,52,54,59,70H,5-15,22-23,25-26,28-41,43-48H2,2-3H3,(H,72,91)(H,73,85)(H,74,86)(H,89,90)/t52?,54-,59?/m0/s1. The van der Waals surface area contributed by atoms with Gasteiger partial charge in [0.05, 0.1) is 44.0 Å². The Balaban J connectivity index is 0.923. The number of hydrogen-bond donors (Lipinski definition) is 5. The van der Waals surface area contributed by atoms with Crippen LogP contribution in [-0.2, 0) is 54.3 Å². The van der Waals surface area contributed by atoms with Crippen LogP contribution in [0.25, 0.3) is 10.9 Å². The Morgan fingerprint density at radius 1 is 0.713 bits per heavy atom. The fourth-order valence-corrected chi connectivity index (χ4v) is 11.6. The highest BCUT2D eigenvalue weighted by Crippen LogP contribution is 2.33. The Hall–Kier alpha value is -7.74. The number of nitrogens with zero attached hydrogens (tertiary/aromatic N) is 8. The van der Waals surface area contributed by atoms with E-state index in [-0.39, 0.29) is 69.1 Å². The zero-order valence-corrected chi connectivity index (χ0v) is 54.6. The summed E-state index contributed by atoms with van der Waals surface area (Å²) < 4.78 is 44.2. The number of pyridine rings is 1. The molecule has 1 aromatic heterocycles. The summed E-state index contributed by atoms with van der Waals surface area (Å²) in [7, 11) is 0. The van der Waals surface area contributed by atoms with E-state index in [1.165, 1.54) is 17.3 Å². The van der Waals surface area contributed by atoms with Crippen LogP contribution in [0.2, 0.25) is 0 Å². The van der Waals surface area contributed by atoms with Gasteiger partial charge in [0.1, 0.15) is 25.3 Å². The summed E-state index contributed by atoms with van der Waals surface area (Å²) in [6.45, 7) is 11.0. The minimum Gasteiger partial charge on any atom is -0.494 e. The molecule has 4 heterocycles.